The Hall–Kier alpha value is -0.800. The van der Waals surface area contributed by atoms with E-state index in [1.54, 1.807) is 6.26 Å². The van der Waals surface area contributed by atoms with Gasteiger partial charge in [0.05, 0.1) is 12.8 Å². The zero-order valence-corrected chi connectivity index (χ0v) is 17.3. The van der Waals surface area contributed by atoms with E-state index in [1.165, 1.54) is 13.1 Å². The SMILES string of the molecule is CCNC(=NCCN1CCN(CC)CC1)NCCc1ccco1.I. The summed E-state index contributed by atoms with van der Waals surface area (Å²) in [6, 6.07) is 3.93. The molecule has 0 bridgehead atoms. The van der Waals surface area contributed by atoms with Crippen molar-refractivity contribution < 1.29 is 4.42 Å². The Labute approximate surface area is 163 Å². The highest BCUT2D eigenvalue weighted by Crippen LogP contribution is 2.01. The molecule has 1 saturated heterocycles. The van der Waals surface area contributed by atoms with Gasteiger partial charge in [-0.15, -0.1) is 24.0 Å². The first kappa shape index (κ1) is 21.2. The second-order valence-corrected chi connectivity index (χ2v) is 5.79. The van der Waals surface area contributed by atoms with Crippen LogP contribution in [0.4, 0.5) is 0 Å². The first-order chi connectivity index (χ1) is 11.3. The summed E-state index contributed by atoms with van der Waals surface area (Å²) in [7, 11) is 0. The van der Waals surface area contributed by atoms with Crippen molar-refractivity contribution in [3.05, 3.63) is 24.2 Å². The minimum Gasteiger partial charge on any atom is -0.469 e. The van der Waals surface area contributed by atoms with Gasteiger partial charge in [0, 0.05) is 52.2 Å². The van der Waals surface area contributed by atoms with Crippen LogP contribution in [0, 0.1) is 0 Å². The number of nitrogens with zero attached hydrogens (tertiary/aromatic N) is 3. The maximum atomic E-state index is 5.34. The molecule has 0 aliphatic carbocycles. The number of aliphatic imine (C=N–C) groups is 1. The van der Waals surface area contributed by atoms with Gasteiger partial charge in [0.25, 0.3) is 0 Å². The summed E-state index contributed by atoms with van der Waals surface area (Å²) in [6.07, 6.45) is 2.59. The molecule has 6 nitrogen and oxygen atoms in total. The Bertz CT molecular complexity index is 444. The predicted octanol–water partition coefficient (Wildman–Crippen LogP) is 1.63. The van der Waals surface area contributed by atoms with E-state index >= 15 is 0 Å². The van der Waals surface area contributed by atoms with E-state index < -0.39 is 0 Å². The minimum atomic E-state index is 0. The lowest BCUT2D eigenvalue weighted by molar-refractivity contribution is 0.140. The van der Waals surface area contributed by atoms with Gasteiger partial charge in [-0.25, -0.2) is 0 Å². The van der Waals surface area contributed by atoms with Crippen LogP contribution in [-0.2, 0) is 6.42 Å². The van der Waals surface area contributed by atoms with Crippen molar-refractivity contribution >= 4 is 29.9 Å². The summed E-state index contributed by atoms with van der Waals surface area (Å²) in [5, 5.41) is 6.66. The molecular formula is C17H32IN5O. The number of guanidine groups is 1. The van der Waals surface area contributed by atoms with Gasteiger partial charge in [0.2, 0.25) is 0 Å². The normalized spacial score (nSPS) is 16.7. The van der Waals surface area contributed by atoms with Crippen molar-refractivity contribution in [2.75, 3.05) is 58.9 Å². The van der Waals surface area contributed by atoms with Gasteiger partial charge >= 0.3 is 0 Å². The molecule has 0 saturated carbocycles. The molecule has 0 aromatic carbocycles. The monoisotopic (exact) mass is 449 g/mol. The molecule has 1 fully saturated rings. The van der Waals surface area contributed by atoms with E-state index in [0.717, 1.165) is 64.0 Å². The number of hydrogen-bond acceptors (Lipinski definition) is 4. The molecular weight excluding hydrogens is 417 g/mol. The smallest absolute Gasteiger partial charge is 0.191 e. The van der Waals surface area contributed by atoms with Gasteiger partial charge in [-0.2, -0.15) is 0 Å². The molecule has 0 radical (unpaired) electrons. The molecule has 7 heteroatoms. The number of nitrogens with one attached hydrogen (secondary N) is 2. The maximum Gasteiger partial charge on any atom is 0.191 e. The van der Waals surface area contributed by atoms with Crippen molar-refractivity contribution in [2.45, 2.75) is 20.3 Å². The van der Waals surface area contributed by atoms with Crippen LogP contribution in [0.1, 0.15) is 19.6 Å². The Kier molecular flexibility index (Phi) is 11.1. The number of rotatable bonds is 8. The molecule has 0 spiro atoms. The maximum absolute atomic E-state index is 5.34. The molecule has 1 aromatic heterocycles. The van der Waals surface area contributed by atoms with Crippen LogP contribution in [0.2, 0.25) is 0 Å². The molecule has 1 aliphatic heterocycles. The average Bonchev–Trinajstić information content (AvgIpc) is 3.09. The molecule has 0 amide bonds. The number of halogens is 1. The number of furan rings is 1. The fraction of sp³-hybridized carbons (Fsp3) is 0.706. The topological polar surface area (TPSA) is 56.0 Å². The summed E-state index contributed by atoms with van der Waals surface area (Å²) in [5.74, 6) is 1.90. The highest BCUT2D eigenvalue weighted by Gasteiger charge is 2.14. The van der Waals surface area contributed by atoms with Crippen molar-refractivity contribution in [1.29, 1.82) is 0 Å². The van der Waals surface area contributed by atoms with Crippen molar-refractivity contribution in [1.82, 2.24) is 20.4 Å². The summed E-state index contributed by atoms with van der Waals surface area (Å²) < 4.78 is 5.34. The first-order valence-corrected chi connectivity index (χ1v) is 8.81. The molecule has 1 aliphatic rings. The van der Waals surface area contributed by atoms with Gasteiger partial charge in [0.1, 0.15) is 5.76 Å². The third kappa shape index (κ3) is 7.85. The number of piperazine rings is 1. The molecule has 2 N–H and O–H groups in total. The molecule has 24 heavy (non-hydrogen) atoms. The lowest BCUT2D eigenvalue weighted by Gasteiger charge is -2.33. The van der Waals surface area contributed by atoms with E-state index in [-0.39, 0.29) is 24.0 Å². The summed E-state index contributed by atoms with van der Waals surface area (Å²) in [6.45, 7) is 13.7. The van der Waals surface area contributed by atoms with E-state index in [0.29, 0.717) is 0 Å². The third-order valence-electron chi connectivity index (χ3n) is 4.19. The van der Waals surface area contributed by atoms with Gasteiger partial charge in [0.15, 0.2) is 5.96 Å². The second kappa shape index (κ2) is 12.5. The van der Waals surface area contributed by atoms with Crippen molar-refractivity contribution in [3.8, 4) is 0 Å². The Morgan fingerprint density at radius 1 is 1.17 bits per heavy atom. The van der Waals surface area contributed by atoms with E-state index in [4.69, 9.17) is 4.42 Å². The number of hydrogen-bond donors (Lipinski definition) is 2. The largest absolute Gasteiger partial charge is 0.469 e. The van der Waals surface area contributed by atoms with E-state index in [2.05, 4.69) is 39.3 Å². The quantitative estimate of drug-likeness (QED) is 0.359. The molecule has 0 unspecified atom stereocenters. The van der Waals surface area contributed by atoms with Crippen LogP contribution in [0.25, 0.3) is 0 Å². The highest BCUT2D eigenvalue weighted by atomic mass is 127. The van der Waals surface area contributed by atoms with Crippen LogP contribution in [0.15, 0.2) is 27.8 Å². The highest BCUT2D eigenvalue weighted by molar-refractivity contribution is 14.0. The standard InChI is InChI=1S/C17H31N5O.HI/c1-3-18-17(19-8-7-16-6-5-15-23-16)20-9-10-22-13-11-21(4-2)12-14-22;/h5-6,15H,3-4,7-14H2,1-2H3,(H2,18,19,20);1H. The zero-order valence-electron chi connectivity index (χ0n) is 15.0. The predicted molar refractivity (Wildman–Crippen MR) is 110 cm³/mol. The van der Waals surface area contributed by atoms with Crippen LogP contribution >= 0.6 is 24.0 Å². The summed E-state index contributed by atoms with van der Waals surface area (Å²) in [4.78, 5) is 9.68. The number of likely N-dealkylation sites (N-methyl/N-ethyl adjacent to an activating group) is 1. The van der Waals surface area contributed by atoms with Crippen LogP contribution in [-0.4, -0.2) is 74.7 Å². The van der Waals surface area contributed by atoms with Crippen LogP contribution in [0.5, 0.6) is 0 Å². The summed E-state index contributed by atoms with van der Waals surface area (Å²) >= 11 is 0. The Balaban J connectivity index is 0.00000288. The minimum absolute atomic E-state index is 0. The Morgan fingerprint density at radius 2 is 1.92 bits per heavy atom. The molecule has 1 aromatic rings. The molecule has 138 valence electrons. The molecule has 0 atom stereocenters. The first-order valence-electron chi connectivity index (χ1n) is 8.81. The fourth-order valence-corrected chi connectivity index (χ4v) is 2.73. The van der Waals surface area contributed by atoms with Crippen LogP contribution in [0.3, 0.4) is 0 Å². The van der Waals surface area contributed by atoms with E-state index in [9.17, 15) is 0 Å². The average molecular weight is 449 g/mol. The molecule has 2 heterocycles. The zero-order chi connectivity index (χ0) is 16.3. The molecule has 2 rings (SSSR count). The van der Waals surface area contributed by atoms with E-state index in [1.807, 2.05) is 12.1 Å². The fourth-order valence-electron chi connectivity index (χ4n) is 2.73. The summed E-state index contributed by atoms with van der Waals surface area (Å²) in [5.41, 5.74) is 0. The van der Waals surface area contributed by atoms with Gasteiger partial charge < -0.3 is 20.0 Å². The van der Waals surface area contributed by atoms with Crippen molar-refractivity contribution in [2.24, 2.45) is 4.99 Å². The van der Waals surface area contributed by atoms with Gasteiger partial charge in [-0.1, -0.05) is 6.92 Å². The van der Waals surface area contributed by atoms with Crippen LogP contribution < -0.4 is 10.6 Å². The second-order valence-electron chi connectivity index (χ2n) is 5.79. The van der Waals surface area contributed by atoms with Gasteiger partial charge in [-0.3, -0.25) is 9.89 Å². The van der Waals surface area contributed by atoms with Crippen molar-refractivity contribution in [3.63, 3.8) is 0 Å². The third-order valence-corrected chi connectivity index (χ3v) is 4.19. The lowest BCUT2D eigenvalue weighted by atomic mass is 10.3. The van der Waals surface area contributed by atoms with Gasteiger partial charge in [-0.05, 0) is 25.6 Å². The lowest BCUT2D eigenvalue weighted by Crippen LogP contribution is -2.47. The Morgan fingerprint density at radius 3 is 2.54 bits per heavy atom.